The van der Waals surface area contributed by atoms with Gasteiger partial charge in [0.25, 0.3) is 0 Å². The highest BCUT2D eigenvalue weighted by Gasteiger charge is 2.44. The van der Waals surface area contributed by atoms with Crippen molar-refractivity contribution in [2.75, 3.05) is 39.3 Å². The first-order chi connectivity index (χ1) is 15.5. The zero-order chi connectivity index (χ0) is 23.9. The second-order valence-corrected chi connectivity index (χ2v) is 10.6. The highest BCUT2D eigenvalue weighted by Crippen LogP contribution is 2.31. The minimum atomic E-state index is -0.696. The Morgan fingerprint density at radius 2 is 1.79 bits per heavy atom. The number of piperidine rings is 1. The SMILES string of the molecule is CC1C=C(N2C[C@@H]3CN(C(=O)OC(C)(C)C)CCN3C2=O)C=CC1N1CCC(C(=O)O)CC1. The van der Waals surface area contributed by atoms with Crippen LogP contribution in [0.25, 0.3) is 0 Å². The molecule has 9 heteroatoms. The number of piperazine rings is 1. The Morgan fingerprint density at radius 3 is 2.39 bits per heavy atom. The fourth-order valence-electron chi connectivity index (χ4n) is 5.29. The molecule has 0 saturated carbocycles. The van der Waals surface area contributed by atoms with Crippen molar-refractivity contribution in [3.8, 4) is 0 Å². The maximum Gasteiger partial charge on any atom is 0.410 e. The molecule has 33 heavy (non-hydrogen) atoms. The third-order valence-corrected chi connectivity index (χ3v) is 7.05. The van der Waals surface area contributed by atoms with Gasteiger partial charge in [-0.1, -0.05) is 19.1 Å². The van der Waals surface area contributed by atoms with Crippen LogP contribution in [0.3, 0.4) is 0 Å². The lowest BCUT2D eigenvalue weighted by Gasteiger charge is -2.39. The van der Waals surface area contributed by atoms with E-state index in [0.717, 1.165) is 18.8 Å². The Morgan fingerprint density at radius 1 is 1.09 bits per heavy atom. The third kappa shape index (κ3) is 5.03. The van der Waals surface area contributed by atoms with Gasteiger partial charge in [0.05, 0.1) is 12.0 Å². The maximum atomic E-state index is 13.1. The van der Waals surface area contributed by atoms with Crippen LogP contribution in [-0.2, 0) is 9.53 Å². The number of aliphatic carboxylic acids is 1. The average molecular weight is 461 g/mol. The molecule has 3 amide bonds. The van der Waals surface area contributed by atoms with E-state index in [1.54, 1.807) is 4.90 Å². The van der Waals surface area contributed by atoms with E-state index in [-0.39, 0.29) is 36.0 Å². The number of carboxylic acid groups (broad SMARTS) is 1. The van der Waals surface area contributed by atoms with Crippen molar-refractivity contribution < 1.29 is 24.2 Å². The lowest BCUT2D eigenvalue weighted by Crippen LogP contribution is -2.54. The molecule has 182 valence electrons. The van der Waals surface area contributed by atoms with Crippen molar-refractivity contribution in [1.29, 1.82) is 0 Å². The van der Waals surface area contributed by atoms with Crippen LogP contribution in [0.5, 0.6) is 0 Å². The van der Waals surface area contributed by atoms with E-state index >= 15 is 0 Å². The van der Waals surface area contributed by atoms with Crippen molar-refractivity contribution in [2.24, 2.45) is 11.8 Å². The molecule has 3 aliphatic heterocycles. The Kier molecular flexibility index (Phi) is 6.44. The molecule has 3 atom stereocenters. The van der Waals surface area contributed by atoms with Crippen LogP contribution in [0, 0.1) is 11.8 Å². The summed E-state index contributed by atoms with van der Waals surface area (Å²) in [6.45, 7) is 11.3. The van der Waals surface area contributed by atoms with Gasteiger partial charge >= 0.3 is 18.1 Å². The summed E-state index contributed by atoms with van der Waals surface area (Å²) in [4.78, 5) is 44.6. The van der Waals surface area contributed by atoms with Crippen molar-refractivity contribution >= 4 is 18.1 Å². The van der Waals surface area contributed by atoms with E-state index < -0.39 is 11.6 Å². The lowest BCUT2D eigenvalue weighted by atomic mass is 9.89. The molecular weight excluding hydrogens is 424 g/mol. The predicted octanol–water partition coefficient (Wildman–Crippen LogP) is 2.60. The van der Waals surface area contributed by atoms with Crippen LogP contribution in [0.1, 0.15) is 40.5 Å². The minimum absolute atomic E-state index is 0.00680. The number of hydrogen-bond acceptors (Lipinski definition) is 5. The fraction of sp³-hybridized carbons (Fsp3) is 0.708. The van der Waals surface area contributed by atoms with Gasteiger partial charge in [-0.25, -0.2) is 9.59 Å². The molecule has 3 saturated heterocycles. The number of carbonyl (C=O) groups excluding carboxylic acids is 2. The summed E-state index contributed by atoms with van der Waals surface area (Å²) in [5.41, 5.74) is 0.362. The number of likely N-dealkylation sites (tertiary alicyclic amines) is 1. The molecule has 0 aromatic carbocycles. The van der Waals surface area contributed by atoms with Crippen LogP contribution >= 0.6 is 0 Å². The Labute approximate surface area is 195 Å². The van der Waals surface area contributed by atoms with Gasteiger partial charge in [0.15, 0.2) is 0 Å². The highest BCUT2D eigenvalue weighted by atomic mass is 16.6. The largest absolute Gasteiger partial charge is 0.481 e. The van der Waals surface area contributed by atoms with Gasteiger partial charge in [0.1, 0.15) is 5.60 Å². The van der Waals surface area contributed by atoms with Crippen LogP contribution in [0.4, 0.5) is 9.59 Å². The standard InChI is InChI=1S/C24H36N4O5/c1-16-13-18(5-6-20(16)25-9-7-17(8-10-25)21(29)30)28-15-19-14-26(11-12-27(19)22(28)31)23(32)33-24(2,3)4/h5-6,13,16-17,19-20H,7-12,14-15H2,1-4H3,(H,29,30)/t16?,19-,20?/m0/s1. The van der Waals surface area contributed by atoms with Crippen molar-refractivity contribution in [2.45, 2.75) is 58.2 Å². The number of ether oxygens (including phenoxy) is 1. The molecular formula is C24H36N4O5. The summed E-state index contributed by atoms with van der Waals surface area (Å²) in [7, 11) is 0. The van der Waals surface area contributed by atoms with Gasteiger partial charge in [-0.3, -0.25) is 14.6 Å². The molecule has 0 aromatic rings. The van der Waals surface area contributed by atoms with E-state index in [4.69, 9.17) is 4.74 Å². The third-order valence-electron chi connectivity index (χ3n) is 7.05. The average Bonchev–Trinajstić information content (AvgIpc) is 3.08. The first-order valence-corrected chi connectivity index (χ1v) is 12.0. The molecule has 3 fully saturated rings. The molecule has 0 radical (unpaired) electrons. The van der Waals surface area contributed by atoms with Gasteiger partial charge < -0.3 is 19.6 Å². The molecule has 0 spiro atoms. The predicted molar refractivity (Wildman–Crippen MR) is 123 cm³/mol. The van der Waals surface area contributed by atoms with E-state index in [0.29, 0.717) is 39.0 Å². The number of hydrogen-bond donors (Lipinski definition) is 1. The van der Waals surface area contributed by atoms with Gasteiger partial charge in [0.2, 0.25) is 0 Å². The molecule has 0 aromatic heterocycles. The molecule has 4 rings (SSSR count). The number of rotatable bonds is 3. The lowest BCUT2D eigenvalue weighted by molar-refractivity contribution is -0.143. The smallest absolute Gasteiger partial charge is 0.410 e. The highest BCUT2D eigenvalue weighted by molar-refractivity contribution is 5.80. The monoisotopic (exact) mass is 460 g/mol. The molecule has 4 aliphatic rings. The summed E-state index contributed by atoms with van der Waals surface area (Å²) < 4.78 is 5.51. The van der Waals surface area contributed by atoms with Crippen LogP contribution in [0.2, 0.25) is 0 Å². The fourth-order valence-corrected chi connectivity index (χ4v) is 5.29. The van der Waals surface area contributed by atoms with E-state index in [2.05, 4.69) is 24.0 Å². The van der Waals surface area contributed by atoms with Gasteiger partial charge in [0, 0.05) is 37.9 Å². The minimum Gasteiger partial charge on any atom is -0.481 e. The van der Waals surface area contributed by atoms with Crippen molar-refractivity contribution in [3.63, 3.8) is 0 Å². The molecule has 9 nitrogen and oxygen atoms in total. The number of amides is 3. The van der Waals surface area contributed by atoms with Gasteiger partial charge in [-0.2, -0.15) is 0 Å². The second kappa shape index (κ2) is 9.00. The number of allylic oxidation sites excluding steroid dienone is 1. The molecule has 3 heterocycles. The summed E-state index contributed by atoms with van der Waals surface area (Å²) in [5, 5.41) is 9.24. The summed E-state index contributed by atoms with van der Waals surface area (Å²) in [5.74, 6) is -0.719. The summed E-state index contributed by atoms with van der Waals surface area (Å²) >= 11 is 0. The summed E-state index contributed by atoms with van der Waals surface area (Å²) in [6, 6.07) is 0.162. The number of carboxylic acids is 1. The van der Waals surface area contributed by atoms with E-state index in [1.807, 2.05) is 36.6 Å². The topological polar surface area (TPSA) is 93.6 Å². The zero-order valence-corrected chi connectivity index (χ0v) is 20.1. The zero-order valence-electron chi connectivity index (χ0n) is 20.1. The van der Waals surface area contributed by atoms with E-state index in [9.17, 15) is 19.5 Å². The van der Waals surface area contributed by atoms with Gasteiger partial charge in [-0.05, 0) is 58.7 Å². The molecule has 2 unspecified atom stereocenters. The second-order valence-electron chi connectivity index (χ2n) is 10.6. The molecule has 0 bridgehead atoms. The Bertz CT molecular complexity index is 855. The summed E-state index contributed by atoms with van der Waals surface area (Å²) in [6.07, 6.45) is 7.36. The Hall–Kier alpha value is -2.55. The number of nitrogens with zero attached hydrogens (tertiary/aromatic N) is 4. The molecule has 1 aliphatic carbocycles. The van der Waals surface area contributed by atoms with Gasteiger partial charge in [-0.15, -0.1) is 0 Å². The van der Waals surface area contributed by atoms with E-state index in [1.165, 1.54) is 0 Å². The normalized spacial score (nSPS) is 29.2. The van der Waals surface area contributed by atoms with Crippen LogP contribution in [0.15, 0.2) is 23.9 Å². The van der Waals surface area contributed by atoms with Crippen LogP contribution in [-0.4, -0.2) is 99.8 Å². The Balaban J connectivity index is 1.36. The van der Waals surface area contributed by atoms with Crippen LogP contribution < -0.4 is 0 Å². The first-order valence-electron chi connectivity index (χ1n) is 12.0. The number of carbonyl (C=O) groups is 3. The quantitative estimate of drug-likeness (QED) is 0.696. The maximum absolute atomic E-state index is 13.1. The number of fused-ring (bicyclic) bond motifs is 1. The van der Waals surface area contributed by atoms with Crippen molar-refractivity contribution in [1.82, 2.24) is 19.6 Å². The first kappa shape index (κ1) is 23.6. The van der Waals surface area contributed by atoms with Crippen molar-refractivity contribution in [3.05, 3.63) is 23.9 Å². The molecule has 1 N–H and O–H groups in total. The number of urea groups is 1.